The molecule has 118 valence electrons. The molecule has 1 aromatic rings. The number of phenols is 1. The van der Waals surface area contributed by atoms with Crippen molar-refractivity contribution in [2.24, 2.45) is 11.8 Å². The Morgan fingerprint density at radius 2 is 2.18 bits per heavy atom. The second-order valence-electron chi connectivity index (χ2n) is 7.91. The van der Waals surface area contributed by atoms with Gasteiger partial charge in [-0.25, -0.2) is 0 Å². The number of piperidine rings is 1. The first-order valence-electron chi connectivity index (χ1n) is 8.90. The van der Waals surface area contributed by atoms with Crippen molar-refractivity contribution in [2.45, 2.75) is 43.6 Å². The molecule has 5 rings (SSSR count). The van der Waals surface area contributed by atoms with Gasteiger partial charge in [0.1, 0.15) is 5.75 Å². The monoisotopic (exact) mass is 299 g/mol. The summed E-state index contributed by atoms with van der Waals surface area (Å²) in [4.78, 5) is 2.79. The fraction of sp³-hybridized carbons (Fsp3) is 0.684. The molecule has 0 amide bonds. The van der Waals surface area contributed by atoms with Crippen molar-refractivity contribution >= 4 is 0 Å². The summed E-state index contributed by atoms with van der Waals surface area (Å²) < 4.78 is 5.94. The molecule has 0 aromatic heterocycles. The van der Waals surface area contributed by atoms with Crippen LogP contribution in [0.25, 0.3) is 0 Å². The first-order valence-corrected chi connectivity index (χ1v) is 8.90. The van der Waals surface area contributed by atoms with E-state index in [1.165, 1.54) is 49.9 Å². The maximum absolute atomic E-state index is 10.0. The molecule has 1 aromatic carbocycles. The fourth-order valence-electron chi connectivity index (χ4n) is 5.40. The van der Waals surface area contributed by atoms with Crippen molar-refractivity contribution in [1.29, 1.82) is 0 Å². The van der Waals surface area contributed by atoms with E-state index in [4.69, 9.17) is 4.74 Å². The molecule has 2 aliphatic carbocycles. The van der Waals surface area contributed by atoms with Crippen LogP contribution in [0, 0.1) is 11.8 Å². The Hall–Kier alpha value is -1.06. The van der Waals surface area contributed by atoms with Gasteiger partial charge in [0.15, 0.2) is 0 Å². The molecule has 2 heterocycles. The zero-order valence-electron chi connectivity index (χ0n) is 13.1. The number of hydrogen-bond acceptors (Lipinski definition) is 3. The summed E-state index contributed by atoms with van der Waals surface area (Å²) in [6.07, 6.45) is 6.41. The first kappa shape index (κ1) is 13.4. The minimum Gasteiger partial charge on any atom is -0.508 e. The number of benzene rings is 1. The molecule has 0 unspecified atom stereocenters. The van der Waals surface area contributed by atoms with Gasteiger partial charge in [-0.05, 0) is 73.7 Å². The fourth-order valence-corrected chi connectivity index (χ4v) is 5.40. The quantitative estimate of drug-likeness (QED) is 0.911. The average Bonchev–Trinajstić information content (AvgIpc) is 3.35. The van der Waals surface area contributed by atoms with Crippen LogP contribution in [0.1, 0.15) is 36.8 Å². The third kappa shape index (κ3) is 1.88. The molecule has 1 saturated carbocycles. The lowest BCUT2D eigenvalue weighted by atomic mass is 9.56. The van der Waals surface area contributed by atoms with E-state index in [-0.39, 0.29) is 5.41 Å². The third-order valence-corrected chi connectivity index (χ3v) is 6.67. The van der Waals surface area contributed by atoms with Gasteiger partial charge in [0.05, 0.1) is 6.61 Å². The highest BCUT2D eigenvalue weighted by Gasteiger charge is 2.54. The van der Waals surface area contributed by atoms with E-state index in [2.05, 4.69) is 11.0 Å². The highest BCUT2D eigenvalue weighted by molar-refractivity contribution is 5.45. The van der Waals surface area contributed by atoms with E-state index in [9.17, 15) is 5.11 Å². The summed E-state index contributed by atoms with van der Waals surface area (Å²) >= 11 is 0. The molecular formula is C19H25NO2. The first-order chi connectivity index (χ1) is 10.8. The standard InChI is InChI=1S/C19H25NO2/c21-15-4-3-14-9-18-16-5-8-22-12-19(16,17(14)10-15)6-7-20(18)11-13-1-2-13/h3-4,10,13,16,18,21H,1-2,5-9,11-12H2/t16-,18-,19+/m0/s1. The Balaban J connectivity index is 1.58. The van der Waals surface area contributed by atoms with Gasteiger partial charge < -0.3 is 9.84 Å². The van der Waals surface area contributed by atoms with Crippen molar-refractivity contribution in [1.82, 2.24) is 4.90 Å². The largest absolute Gasteiger partial charge is 0.508 e. The van der Waals surface area contributed by atoms with Crippen LogP contribution in [0.15, 0.2) is 18.2 Å². The highest BCUT2D eigenvalue weighted by Crippen LogP contribution is 2.53. The van der Waals surface area contributed by atoms with E-state index in [0.717, 1.165) is 25.6 Å². The van der Waals surface area contributed by atoms with Gasteiger partial charge in [0, 0.05) is 24.6 Å². The molecule has 1 N–H and O–H groups in total. The van der Waals surface area contributed by atoms with Gasteiger partial charge in [0.2, 0.25) is 0 Å². The van der Waals surface area contributed by atoms with Gasteiger partial charge in [-0.1, -0.05) is 6.07 Å². The van der Waals surface area contributed by atoms with Crippen molar-refractivity contribution in [3.8, 4) is 5.75 Å². The van der Waals surface area contributed by atoms with E-state index in [1.807, 2.05) is 12.1 Å². The van der Waals surface area contributed by atoms with E-state index in [1.54, 1.807) is 0 Å². The smallest absolute Gasteiger partial charge is 0.115 e. The van der Waals surface area contributed by atoms with Crippen LogP contribution in [0.5, 0.6) is 5.75 Å². The van der Waals surface area contributed by atoms with Crippen molar-refractivity contribution in [3.63, 3.8) is 0 Å². The van der Waals surface area contributed by atoms with Crippen LogP contribution < -0.4 is 0 Å². The molecule has 0 radical (unpaired) electrons. The number of aromatic hydroxyl groups is 1. The SMILES string of the molecule is Oc1ccc2c(c1)[C@@]13CCN(CC4CC4)[C@@H](C2)[C@@H]1CCOC3. The van der Waals surface area contributed by atoms with Crippen LogP contribution in [-0.4, -0.2) is 42.4 Å². The van der Waals surface area contributed by atoms with Gasteiger partial charge in [0.25, 0.3) is 0 Å². The molecule has 2 bridgehead atoms. The van der Waals surface area contributed by atoms with Crippen LogP contribution in [0.4, 0.5) is 0 Å². The number of nitrogens with zero attached hydrogens (tertiary/aromatic N) is 1. The summed E-state index contributed by atoms with van der Waals surface area (Å²) in [5.41, 5.74) is 3.00. The Bertz CT molecular complexity index is 597. The number of ether oxygens (including phenoxy) is 1. The molecular weight excluding hydrogens is 274 g/mol. The number of fused-ring (bicyclic) bond motifs is 1. The van der Waals surface area contributed by atoms with E-state index in [0.29, 0.717) is 17.7 Å². The second-order valence-corrected chi connectivity index (χ2v) is 7.91. The molecule has 4 aliphatic rings. The zero-order chi connectivity index (χ0) is 14.7. The van der Waals surface area contributed by atoms with Crippen molar-refractivity contribution in [3.05, 3.63) is 29.3 Å². The van der Waals surface area contributed by atoms with Crippen molar-refractivity contribution in [2.75, 3.05) is 26.3 Å². The summed E-state index contributed by atoms with van der Waals surface area (Å²) in [6, 6.07) is 6.74. The van der Waals surface area contributed by atoms with Gasteiger partial charge >= 0.3 is 0 Å². The van der Waals surface area contributed by atoms with Crippen LogP contribution in [0.3, 0.4) is 0 Å². The van der Waals surface area contributed by atoms with Crippen LogP contribution in [-0.2, 0) is 16.6 Å². The van der Waals surface area contributed by atoms with E-state index >= 15 is 0 Å². The maximum atomic E-state index is 10.0. The summed E-state index contributed by atoms with van der Waals surface area (Å²) in [5, 5.41) is 10.0. The zero-order valence-corrected chi connectivity index (χ0v) is 13.1. The Morgan fingerprint density at radius 3 is 3.05 bits per heavy atom. The lowest BCUT2D eigenvalue weighted by Gasteiger charge is -2.58. The number of rotatable bonds is 2. The lowest BCUT2D eigenvalue weighted by molar-refractivity contribution is -0.0838. The number of likely N-dealkylation sites (tertiary alicyclic amines) is 1. The Labute approximate surface area is 132 Å². The van der Waals surface area contributed by atoms with Gasteiger partial charge in [-0.15, -0.1) is 0 Å². The van der Waals surface area contributed by atoms with E-state index < -0.39 is 0 Å². The molecule has 2 aliphatic heterocycles. The highest BCUT2D eigenvalue weighted by atomic mass is 16.5. The minimum atomic E-state index is 0.162. The third-order valence-electron chi connectivity index (χ3n) is 6.67. The predicted octanol–water partition coefficient (Wildman–Crippen LogP) is 2.71. The molecule has 0 spiro atoms. The van der Waals surface area contributed by atoms with Crippen LogP contribution >= 0.6 is 0 Å². The molecule has 3 heteroatoms. The molecule has 3 fully saturated rings. The molecule has 3 atom stereocenters. The maximum Gasteiger partial charge on any atom is 0.115 e. The van der Waals surface area contributed by atoms with Crippen LogP contribution in [0.2, 0.25) is 0 Å². The second kappa shape index (κ2) is 4.72. The topological polar surface area (TPSA) is 32.7 Å². The minimum absolute atomic E-state index is 0.162. The Morgan fingerprint density at radius 1 is 1.27 bits per heavy atom. The number of phenolic OH excluding ortho intramolecular Hbond substituents is 1. The normalized spacial score (nSPS) is 37.5. The van der Waals surface area contributed by atoms with Gasteiger partial charge in [-0.2, -0.15) is 0 Å². The summed E-state index contributed by atoms with van der Waals surface area (Å²) in [6.45, 7) is 4.28. The Kier molecular flexibility index (Phi) is 2.87. The number of hydrogen-bond donors (Lipinski definition) is 1. The molecule has 22 heavy (non-hydrogen) atoms. The summed E-state index contributed by atoms with van der Waals surface area (Å²) in [7, 11) is 0. The lowest BCUT2D eigenvalue weighted by Crippen LogP contribution is -2.63. The average molecular weight is 299 g/mol. The molecule has 3 nitrogen and oxygen atoms in total. The van der Waals surface area contributed by atoms with Crippen molar-refractivity contribution < 1.29 is 9.84 Å². The molecule has 2 saturated heterocycles. The van der Waals surface area contributed by atoms with Gasteiger partial charge in [-0.3, -0.25) is 4.90 Å². The summed E-state index contributed by atoms with van der Waals surface area (Å²) in [5.74, 6) is 2.09. The predicted molar refractivity (Wildman–Crippen MR) is 85.1 cm³/mol.